The van der Waals surface area contributed by atoms with Crippen LogP contribution in [0, 0.1) is 0 Å². The molecule has 17 aromatic carbocycles. The van der Waals surface area contributed by atoms with E-state index in [0.717, 1.165) is 147 Å². The highest BCUT2D eigenvalue weighted by atomic mass is 32.1. The molecule has 0 aliphatic heterocycles. The first-order valence-corrected chi connectivity index (χ1v) is 52.3. The lowest BCUT2D eigenvalue weighted by molar-refractivity contribution is 0.955. The number of thiophene rings is 6. The molecule has 145 heavy (non-hydrogen) atoms. The van der Waals surface area contributed by atoms with Crippen molar-refractivity contribution in [1.29, 1.82) is 0 Å². The molecule has 0 bridgehead atoms. The standard InChI is InChI=1S/2C43H24N6S2.C36H19N5S2/c1-3-12-25(13-4-1)41-46-42(26-14-5-2-6-15-26)48-43(47-41)27-16-11-17-28(22-27)49-31-20-9-7-18-29(31)34-38(49)36-37-33(23-44-24-45-37)51-40(36)35-30-19-8-10-21-32(30)50-39(34)35;1-3-11-25(12-4-1)26-19-21-28(22-20-26)42-46-41(27-13-5-2-6-14-27)47-43(48-42)49-31-17-9-7-15-29(31)34-38(49)36-37-33(23-44-24-45-37)51-40(36)35-30-16-8-10-18-32(30)50-39(34)35;1-2-10-20(11-3-1)31-21-12-4-7-15-24(21)39-36(40-31)41-25-16-8-5-13-22(25)28-33(41)30-32-27(18-37-19-38-32)43-35(30)29-23-14-6-9-17-26(23)42-34(28)29/h2*1-24H;1-19H. The van der Waals surface area contributed by atoms with Crippen molar-refractivity contribution in [2.24, 2.45) is 0 Å². The summed E-state index contributed by atoms with van der Waals surface area (Å²) in [5, 5.41) is 19.3. The van der Waals surface area contributed by atoms with Crippen molar-refractivity contribution < 1.29 is 0 Å². The van der Waals surface area contributed by atoms with Crippen LogP contribution in [-0.2, 0) is 0 Å². The van der Waals surface area contributed by atoms with Crippen molar-refractivity contribution in [2.45, 2.75) is 0 Å². The van der Waals surface area contributed by atoms with E-state index in [2.05, 4.69) is 302 Å². The minimum atomic E-state index is 0.562. The average molecular weight is 1960 g/mol. The minimum absolute atomic E-state index is 0.562. The van der Waals surface area contributed by atoms with Gasteiger partial charge in [0.1, 0.15) is 19.0 Å². The predicted octanol–water partition coefficient (Wildman–Crippen LogP) is 32.9. The maximum atomic E-state index is 5.33. The number of nitrogens with zero attached hydrogens (tertiary/aromatic N) is 17. The summed E-state index contributed by atoms with van der Waals surface area (Å²) in [6.45, 7) is 0. The average Bonchev–Trinajstić information content (AvgIpc) is 1.53. The molecule has 17 nitrogen and oxygen atoms in total. The van der Waals surface area contributed by atoms with E-state index in [1.165, 1.54) is 107 Å². The van der Waals surface area contributed by atoms with E-state index < -0.39 is 0 Å². The molecule has 0 saturated carbocycles. The van der Waals surface area contributed by atoms with Crippen LogP contribution in [0.2, 0.25) is 0 Å². The molecule has 32 rings (SSSR count). The van der Waals surface area contributed by atoms with Gasteiger partial charge in [0.2, 0.25) is 11.9 Å². The molecule has 15 aromatic heterocycles. The first kappa shape index (κ1) is 82.9. The number of para-hydroxylation sites is 4. The summed E-state index contributed by atoms with van der Waals surface area (Å²) in [5.41, 5.74) is 20.3. The Morgan fingerprint density at radius 2 is 0.490 bits per heavy atom. The van der Waals surface area contributed by atoms with Crippen LogP contribution in [0.3, 0.4) is 0 Å². The molecule has 0 atom stereocenters. The minimum Gasteiger partial charge on any atom is -0.308 e. The third-order valence-corrected chi connectivity index (χ3v) is 34.5. The molecule has 23 heteroatoms. The maximum Gasteiger partial charge on any atom is 0.238 e. The van der Waals surface area contributed by atoms with Gasteiger partial charge in [-0.1, -0.05) is 315 Å². The second-order valence-corrected chi connectivity index (χ2v) is 42.0. The monoisotopic (exact) mass is 1960 g/mol. The SMILES string of the molecule is c1ccc(-c2ccc(-c3nc(-c4ccccc4)nc(-n4c5ccccc5c5c6sc7ccccc7c6c6sc7cncnc7c6c54)n3)cc2)cc1.c1ccc(-c2nc(-c3ccccc3)nc(-c3cccc(-n4c5ccccc5c5c6sc7ccccc7c6c6sc7cncnc7c6c54)c3)n2)cc1.c1ccc(-c2nc(-n3c4ccccc4c4c5sc6ccccc6c5c5sc6cncnc6c5c43)nc3ccccc23)cc1. The van der Waals surface area contributed by atoms with Crippen LogP contribution in [0.15, 0.2) is 408 Å². The van der Waals surface area contributed by atoms with E-state index >= 15 is 0 Å². The normalized spacial score (nSPS) is 12.0. The molecule has 0 spiro atoms. The van der Waals surface area contributed by atoms with Gasteiger partial charge in [-0.15, -0.1) is 68.0 Å². The first-order valence-electron chi connectivity index (χ1n) is 47.4. The van der Waals surface area contributed by atoms with Gasteiger partial charge in [0.05, 0.1) is 75.0 Å². The topological polar surface area (TPSA) is 195 Å². The Morgan fingerprint density at radius 3 is 0.917 bits per heavy atom. The zero-order valence-electron chi connectivity index (χ0n) is 76.2. The Morgan fingerprint density at radius 1 is 0.193 bits per heavy atom. The van der Waals surface area contributed by atoms with Gasteiger partial charge in [0.25, 0.3) is 0 Å². The molecular formula is C122H67N17S6. The van der Waals surface area contributed by atoms with Crippen molar-refractivity contribution in [3.05, 3.63) is 408 Å². The molecule has 676 valence electrons. The summed E-state index contributed by atoms with van der Waals surface area (Å²) >= 11 is 10.9. The zero-order chi connectivity index (χ0) is 95.0. The fourth-order valence-electron chi connectivity index (χ4n) is 21.3. The molecule has 0 aliphatic rings. The third-order valence-electron chi connectivity index (χ3n) is 27.6. The number of benzene rings is 17. The highest BCUT2D eigenvalue weighted by molar-refractivity contribution is 7.32. The molecule has 32 aromatic rings. The Kier molecular flexibility index (Phi) is 19.1. The molecular weight excluding hydrogens is 1900 g/mol. The van der Waals surface area contributed by atoms with Gasteiger partial charge in [0.15, 0.2) is 29.1 Å². The fraction of sp³-hybridized carbons (Fsp3) is 0. The third kappa shape index (κ3) is 13.2. The van der Waals surface area contributed by atoms with E-state index in [-0.39, 0.29) is 0 Å². The Labute approximate surface area is 846 Å². The summed E-state index contributed by atoms with van der Waals surface area (Å²) in [5.74, 6) is 4.34. The van der Waals surface area contributed by atoms with E-state index in [1.807, 2.05) is 150 Å². The summed E-state index contributed by atoms with van der Waals surface area (Å²) in [7, 11) is 0. The van der Waals surface area contributed by atoms with Gasteiger partial charge in [-0.25, -0.2) is 59.8 Å². The van der Waals surface area contributed by atoms with Crippen molar-refractivity contribution in [1.82, 2.24) is 83.5 Å². The van der Waals surface area contributed by atoms with Crippen molar-refractivity contribution in [2.75, 3.05) is 0 Å². The number of aromatic nitrogens is 17. The summed E-state index contributed by atoms with van der Waals surface area (Å²) in [6, 6.07) is 129. The number of fused-ring (bicyclic) bond motifs is 37. The number of rotatable bonds is 10. The zero-order valence-corrected chi connectivity index (χ0v) is 81.1. The summed E-state index contributed by atoms with van der Waals surface area (Å²) in [4.78, 5) is 69.1. The van der Waals surface area contributed by atoms with Crippen LogP contribution in [0.1, 0.15) is 0 Å². The second-order valence-electron chi connectivity index (χ2n) is 35.7. The Bertz CT molecular complexity index is 10800. The van der Waals surface area contributed by atoms with Gasteiger partial charge >= 0.3 is 0 Å². The molecule has 0 N–H and O–H groups in total. The van der Waals surface area contributed by atoms with Crippen molar-refractivity contribution in [3.63, 3.8) is 0 Å². The highest BCUT2D eigenvalue weighted by Crippen LogP contribution is 2.57. The molecule has 0 unspecified atom stereocenters. The first-order chi connectivity index (χ1) is 71.9. The smallest absolute Gasteiger partial charge is 0.238 e. The lowest BCUT2D eigenvalue weighted by atomic mass is 10.0. The lowest BCUT2D eigenvalue weighted by Crippen LogP contribution is -2.06. The molecule has 0 saturated heterocycles. The lowest BCUT2D eigenvalue weighted by Gasteiger charge is -2.12. The number of hydrogen-bond donors (Lipinski definition) is 0. The maximum absolute atomic E-state index is 5.33. The van der Waals surface area contributed by atoms with Crippen LogP contribution in [-0.4, -0.2) is 83.5 Å². The van der Waals surface area contributed by atoms with E-state index in [4.69, 9.17) is 54.8 Å². The van der Waals surface area contributed by atoms with Crippen molar-refractivity contribution >= 4 is 266 Å². The van der Waals surface area contributed by atoms with E-state index in [1.54, 1.807) is 53.0 Å². The van der Waals surface area contributed by atoms with Gasteiger partial charge in [-0.2, -0.15) is 9.97 Å². The molecule has 0 amide bonds. The van der Waals surface area contributed by atoms with Crippen molar-refractivity contribution in [3.8, 4) is 96.9 Å². The van der Waals surface area contributed by atoms with Gasteiger partial charge < -0.3 is 4.57 Å². The van der Waals surface area contributed by atoms with Crippen LogP contribution >= 0.6 is 68.0 Å². The predicted molar refractivity (Wildman–Crippen MR) is 604 cm³/mol. The van der Waals surface area contributed by atoms with Gasteiger partial charge in [-0.3, -0.25) is 9.13 Å². The van der Waals surface area contributed by atoms with Gasteiger partial charge in [-0.05, 0) is 65.7 Å². The molecule has 0 fully saturated rings. The fourth-order valence-corrected chi connectivity index (χ4v) is 28.9. The van der Waals surface area contributed by atoms with Crippen LogP contribution in [0.25, 0.3) is 295 Å². The number of hydrogen-bond acceptors (Lipinski definition) is 20. The molecule has 15 heterocycles. The Balaban J connectivity index is 0.000000101. The highest BCUT2D eigenvalue weighted by Gasteiger charge is 2.32. The quantitative estimate of drug-likeness (QED) is 0.125. The Hall–Kier alpha value is -17.9. The summed E-state index contributed by atoms with van der Waals surface area (Å²) in [6.07, 6.45) is 10.8. The van der Waals surface area contributed by atoms with Crippen LogP contribution in [0.4, 0.5) is 0 Å². The van der Waals surface area contributed by atoms with E-state index in [0.29, 0.717) is 41.0 Å². The van der Waals surface area contributed by atoms with Crippen LogP contribution < -0.4 is 0 Å². The molecule has 0 radical (unpaired) electrons. The summed E-state index contributed by atoms with van der Waals surface area (Å²) < 4.78 is 21.4. The van der Waals surface area contributed by atoms with E-state index in [9.17, 15) is 0 Å². The molecule has 0 aliphatic carbocycles. The largest absolute Gasteiger partial charge is 0.308 e. The van der Waals surface area contributed by atoms with Crippen LogP contribution in [0.5, 0.6) is 0 Å². The van der Waals surface area contributed by atoms with Gasteiger partial charge in [0, 0.05) is 186 Å². The second kappa shape index (κ2) is 33.4.